The van der Waals surface area contributed by atoms with Gasteiger partial charge in [-0.15, -0.1) is 0 Å². The second-order valence-corrected chi connectivity index (χ2v) is 4.07. The maximum absolute atomic E-state index is 13.6. The van der Waals surface area contributed by atoms with Crippen molar-refractivity contribution in [2.24, 2.45) is 5.73 Å². The molecule has 0 unspecified atom stereocenters. The zero-order chi connectivity index (χ0) is 14.4. The molecule has 0 spiro atoms. The van der Waals surface area contributed by atoms with Gasteiger partial charge >= 0.3 is 0 Å². The molecule has 2 N–H and O–H groups in total. The number of hydrogen-bond donors (Lipinski definition) is 1. The molecule has 0 atom stereocenters. The summed E-state index contributed by atoms with van der Waals surface area (Å²) in [6.45, 7) is 0.319. The first kappa shape index (κ1) is 14.0. The second kappa shape index (κ2) is 6.69. The van der Waals surface area contributed by atoms with E-state index in [1.165, 1.54) is 24.3 Å². The van der Waals surface area contributed by atoms with Crippen molar-refractivity contribution in [1.29, 1.82) is 0 Å². The van der Waals surface area contributed by atoms with Crippen LogP contribution in [0.4, 0.5) is 8.78 Å². The maximum Gasteiger partial charge on any atom is 0.165 e. The van der Waals surface area contributed by atoms with Gasteiger partial charge in [0.2, 0.25) is 0 Å². The van der Waals surface area contributed by atoms with Crippen LogP contribution in [-0.4, -0.2) is 6.54 Å². The fraction of sp³-hybridized carbons (Fsp3) is 0.125. The van der Waals surface area contributed by atoms with Crippen LogP contribution in [0.1, 0.15) is 11.1 Å². The third-order valence-corrected chi connectivity index (χ3v) is 2.55. The van der Waals surface area contributed by atoms with Crippen LogP contribution >= 0.6 is 0 Å². The van der Waals surface area contributed by atoms with Crippen molar-refractivity contribution in [2.45, 2.75) is 6.61 Å². The highest BCUT2D eigenvalue weighted by molar-refractivity contribution is 5.40. The summed E-state index contributed by atoms with van der Waals surface area (Å²) in [6, 6.07) is 10.3. The van der Waals surface area contributed by atoms with Crippen LogP contribution in [0.3, 0.4) is 0 Å². The molecule has 0 heterocycles. The molecule has 2 aromatic carbocycles. The summed E-state index contributed by atoms with van der Waals surface area (Å²) in [6.07, 6.45) is 0. The van der Waals surface area contributed by atoms with Crippen LogP contribution in [-0.2, 0) is 6.61 Å². The van der Waals surface area contributed by atoms with Crippen molar-refractivity contribution in [3.63, 3.8) is 0 Å². The minimum Gasteiger partial charge on any atom is -0.486 e. The molecule has 20 heavy (non-hydrogen) atoms. The van der Waals surface area contributed by atoms with Gasteiger partial charge in [0.25, 0.3) is 0 Å². The van der Waals surface area contributed by atoms with Crippen molar-refractivity contribution in [3.05, 3.63) is 65.2 Å². The van der Waals surface area contributed by atoms with Crippen molar-refractivity contribution >= 4 is 0 Å². The minimum absolute atomic E-state index is 0.0816. The van der Waals surface area contributed by atoms with Crippen LogP contribution in [0, 0.1) is 23.5 Å². The van der Waals surface area contributed by atoms with Crippen LogP contribution in [0.25, 0.3) is 0 Å². The average Bonchev–Trinajstić information content (AvgIpc) is 2.45. The van der Waals surface area contributed by atoms with Gasteiger partial charge in [-0.1, -0.05) is 24.0 Å². The van der Waals surface area contributed by atoms with E-state index in [4.69, 9.17) is 10.5 Å². The number of ether oxygens (including phenoxy) is 1. The summed E-state index contributed by atoms with van der Waals surface area (Å²) in [4.78, 5) is 0. The molecular weight excluding hydrogens is 260 g/mol. The van der Waals surface area contributed by atoms with E-state index in [0.29, 0.717) is 11.1 Å². The molecule has 0 amide bonds. The third kappa shape index (κ3) is 3.81. The Balaban J connectivity index is 2.12. The van der Waals surface area contributed by atoms with Gasteiger partial charge in [-0.25, -0.2) is 8.78 Å². The Morgan fingerprint density at radius 2 is 1.95 bits per heavy atom. The Morgan fingerprint density at radius 3 is 2.70 bits per heavy atom. The van der Waals surface area contributed by atoms with Crippen molar-refractivity contribution in [2.75, 3.05) is 6.54 Å². The minimum atomic E-state index is -0.486. The van der Waals surface area contributed by atoms with E-state index in [9.17, 15) is 8.78 Å². The van der Waals surface area contributed by atoms with Gasteiger partial charge in [0.15, 0.2) is 11.6 Å². The monoisotopic (exact) mass is 273 g/mol. The van der Waals surface area contributed by atoms with Gasteiger partial charge in [-0.3, -0.25) is 0 Å². The number of benzene rings is 2. The lowest BCUT2D eigenvalue weighted by Gasteiger charge is -2.08. The fourth-order valence-corrected chi connectivity index (χ4v) is 1.63. The largest absolute Gasteiger partial charge is 0.486 e. The zero-order valence-electron chi connectivity index (χ0n) is 10.7. The first-order valence-corrected chi connectivity index (χ1v) is 6.05. The molecule has 0 aromatic heterocycles. The topological polar surface area (TPSA) is 35.2 Å². The van der Waals surface area contributed by atoms with Gasteiger partial charge in [0.05, 0.1) is 6.54 Å². The van der Waals surface area contributed by atoms with Crippen molar-refractivity contribution < 1.29 is 13.5 Å². The Labute approximate surface area is 116 Å². The molecular formula is C16H13F2NO. The van der Waals surface area contributed by atoms with E-state index in [-0.39, 0.29) is 24.7 Å². The normalized spacial score (nSPS) is 9.75. The zero-order valence-corrected chi connectivity index (χ0v) is 10.7. The number of nitrogens with two attached hydrogens (primary N) is 1. The first-order valence-electron chi connectivity index (χ1n) is 6.05. The Bertz CT molecular complexity index is 659. The Morgan fingerprint density at radius 1 is 1.10 bits per heavy atom. The van der Waals surface area contributed by atoms with Crippen molar-refractivity contribution in [1.82, 2.24) is 0 Å². The molecule has 0 aliphatic heterocycles. The molecule has 0 saturated heterocycles. The van der Waals surface area contributed by atoms with Crippen LogP contribution in [0.15, 0.2) is 42.5 Å². The Kier molecular flexibility index (Phi) is 4.70. The number of halogens is 2. The van der Waals surface area contributed by atoms with Gasteiger partial charge in [-0.2, -0.15) is 0 Å². The van der Waals surface area contributed by atoms with Crippen LogP contribution in [0.2, 0.25) is 0 Å². The second-order valence-electron chi connectivity index (χ2n) is 4.07. The van der Waals surface area contributed by atoms with Gasteiger partial charge in [0, 0.05) is 5.56 Å². The predicted octanol–water partition coefficient (Wildman–Crippen LogP) is 2.85. The van der Waals surface area contributed by atoms with E-state index in [2.05, 4.69) is 11.8 Å². The number of rotatable bonds is 3. The van der Waals surface area contributed by atoms with E-state index < -0.39 is 5.82 Å². The summed E-state index contributed by atoms with van der Waals surface area (Å²) in [5.74, 6) is 4.72. The summed E-state index contributed by atoms with van der Waals surface area (Å²) >= 11 is 0. The molecule has 0 aliphatic rings. The molecule has 4 heteroatoms. The van der Waals surface area contributed by atoms with E-state index in [1.54, 1.807) is 18.2 Å². The summed E-state index contributed by atoms with van der Waals surface area (Å²) < 4.78 is 32.0. The lowest BCUT2D eigenvalue weighted by Crippen LogP contribution is -1.98. The summed E-state index contributed by atoms with van der Waals surface area (Å²) in [5.41, 5.74) is 6.52. The quantitative estimate of drug-likeness (QED) is 0.873. The molecule has 0 bridgehead atoms. The van der Waals surface area contributed by atoms with Crippen molar-refractivity contribution in [3.8, 4) is 17.6 Å². The highest BCUT2D eigenvalue weighted by atomic mass is 19.1. The summed E-state index contributed by atoms with van der Waals surface area (Å²) in [7, 11) is 0. The molecule has 0 radical (unpaired) electrons. The maximum atomic E-state index is 13.6. The van der Waals surface area contributed by atoms with E-state index in [0.717, 1.165) is 0 Å². The molecule has 2 aromatic rings. The molecule has 0 aliphatic carbocycles. The van der Waals surface area contributed by atoms with Crippen LogP contribution in [0.5, 0.6) is 5.75 Å². The molecule has 102 valence electrons. The SMILES string of the molecule is NCC#Cc1ccc(F)c(OCc2cccc(F)c2)c1. The fourth-order valence-electron chi connectivity index (χ4n) is 1.63. The highest BCUT2D eigenvalue weighted by Crippen LogP contribution is 2.20. The standard InChI is InChI=1S/C16H13F2NO/c17-14-5-1-3-13(9-14)11-20-16-10-12(4-2-8-19)6-7-15(16)18/h1,3,5-7,9-10H,8,11,19H2. The predicted molar refractivity (Wildman–Crippen MR) is 73.1 cm³/mol. The molecule has 2 nitrogen and oxygen atoms in total. The summed E-state index contributed by atoms with van der Waals surface area (Å²) in [5, 5.41) is 0. The van der Waals surface area contributed by atoms with Crippen LogP contribution < -0.4 is 10.5 Å². The molecule has 0 fully saturated rings. The lowest BCUT2D eigenvalue weighted by molar-refractivity contribution is 0.289. The first-order chi connectivity index (χ1) is 9.69. The van der Waals surface area contributed by atoms with Gasteiger partial charge < -0.3 is 10.5 Å². The molecule has 0 saturated carbocycles. The lowest BCUT2D eigenvalue weighted by atomic mass is 10.2. The van der Waals surface area contributed by atoms with Gasteiger partial charge in [0.1, 0.15) is 12.4 Å². The van der Waals surface area contributed by atoms with E-state index >= 15 is 0 Å². The average molecular weight is 273 g/mol. The third-order valence-electron chi connectivity index (χ3n) is 2.55. The Hall–Kier alpha value is -2.38. The molecule has 2 rings (SSSR count). The smallest absolute Gasteiger partial charge is 0.165 e. The highest BCUT2D eigenvalue weighted by Gasteiger charge is 2.05. The van der Waals surface area contributed by atoms with E-state index in [1.807, 2.05) is 0 Å². The van der Waals surface area contributed by atoms with Gasteiger partial charge in [-0.05, 0) is 35.9 Å². The number of hydrogen-bond acceptors (Lipinski definition) is 2.